The average molecular weight is 380 g/mol. The summed E-state index contributed by atoms with van der Waals surface area (Å²) in [5.74, 6) is 0.527. The van der Waals surface area contributed by atoms with Gasteiger partial charge < -0.3 is 18.7 Å². The molecule has 4 aromatic rings. The van der Waals surface area contributed by atoms with Crippen molar-refractivity contribution in [3.8, 4) is 0 Å². The number of nitrogens with zero attached hydrogens (tertiary/aromatic N) is 5. The first kappa shape index (κ1) is 16.1. The summed E-state index contributed by atoms with van der Waals surface area (Å²) >= 11 is 1.40. The smallest absolute Gasteiger partial charge is 0.221 e. The van der Waals surface area contributed by atoms with E-state index in [1.165, 1.54) is 11.8 Å². The van der Waals surface area contributed by atoms with Crippen LogP contribution >= 0.6 is 11.8 Å². The van der Waals surface area contributed by atoms with Gasteiger partial charge in [-0.1, -0.05) is 6.07 Å². The summed E-state index contributed by atoms with van der Waals surface area (Å²) in [6, 6.07) is 9.71. The van der Waals surface area contributed by atoms with Gasteiger partial charge in [0.2, 0.25) is 5.91 Å². The minimum atomic E-state index is -0.200. The van der Waals surface area contributed by atoms with E-state index in [0.29, 0.717) is 18.1 Å². The highest BCUT2D eigenvalue weighted by molar-refractivity contribution is 7.99. The van der Waals surface area contributed by atoms with E-state index >= 15 is 0 Å². The molecule has 1 aliphatic rings. The van der Waals surface area contributed by atoms with Crippen LogP contribution in [0.3, 0.4) is 0 Å². The standard InChI is InChI=1S/C18H16N6O2S/c1-23-10-20-22-18(23)27-16-6-5-13(26-16)11-8-15(25)19-9-12-17(11)24-7-3-2-4-14(24)21-12/h2-7,10-11H,8-9H2,1H3,(H,19,25). The SMILES string of the molecule is Cn1cnnc1Sc1ccc(C2CC(=O)NCc3nc4ccccn4c32)o1. The van der Waals surface area contributed by atoms with E-state index in [0.717, 1.165) is 28.0 Å². The highest BCUT2D eigenvalue weighted by atomic mass is 32.2. The molecule has 0 aliphatic carbocycles. The van der Waals surface area contributed by atoms with Crippen molar-refractivity contribution in [2.45, 2.75) is 29.1 Å². The Morgan fingerprint density at radius 3 is 3.07 bits per heavy atom. The Bertz CT molecular complexity index is 1140. The van der Waals surface area contributed by atoms with E-state index < -0.39 is 0 Å². The molecule has 0 aromatic carbocycles. The number of rotatable bonds is 3. The summed E-state index contributed by atoms with van der Waals surface area (Å²) in [5, 5.41) is 12.3. The number of carbonyl (C=O) groups is 1. The number of hydrogen-bond acceptors (Lipinski definition) is 6. The monoisotopic (exact) mass is 380 g/mol. The quantitative estimate of drug-likeness (QED) is 0.587. The number of carbonyl (C=O) groups excluding carboxylic acids is 1. The van der Waals surface area contributed by atoms with E-state index in [1.54, 1.807) is 6.33 Å². The summed E-state index contributed by atoms with van der Waals surface area (Å²) in [7, 11) is 1.88. The maximum atomic E-state index is 12.3. The van der Waals surface area contributed by atoms with Crippen molar-refractivity contribution < 1.29 is 9.21 Å². The van der Waals surface area contributed by atoms with Crippen LogP contribution in [0.2, 0.25) is 0 Å². The molecule has 0 radical (unpaired) electrons. The van der Waals surface area contributed by atoms with Gasteiger partial charge in [0, 0.05) is 19.7 Å². The second kappa shape index (κ2) is 6.27. The second-order valence-corrected chi connectivity index (χ2v) is 7.36. The van der Waals surface area contributed by atoms with Crippen molar-refractivity contribution >= 4 is 23.3 Å². The molecular formula is C18H16N6O2S. The predicted molar refractivity (Wildman–Crippen MR) is 97.3 cm³/mol. The van der Waals surface area contributed by atoms with E-state index in [4.69, 9.17) is 4.42 Å². The third-order valence-electron chi connectivity index (χ3n) is 4.62. The van der Waals surface area contributed by atoms with Gasteiger partial charge in [-0.05, 0) is 36.0 Å². The summed E-state index contributed by atoms with van der Waals surface area (Å²) in [4.78, 5) is 16.9. The van der Waals surface area contributed by atoms with Crippen molar-refractivity contribution in [3.63, 3.8) is 0 Å². The third-order valence-corrected chi connectivity index (χ3v) is 5.60. The van der Waals surface area contributed by atoms with Crippen molar-refractivity contribution in [1.29, 1.82) is 0 Å². The van der Waals surface area contributed by atoms with Crippen LogP contribution in [0.4, 0.5) is 0 Å². The topological polar surface area (TPSA) is 90.2 Å². The molecule has 0 bridgehead atoms. The largest absolute Gasteiger partial charge is 0.454 e. The first-order valence-electron chi connectivity index (χ1n) is 8.53. The van der Waals surface area contributed by atoms with Crippen molar-refractivity contribution in [1.82, 2.24) is 29.5 Å². The van der Waals surface area contributed by atoms with Crippen LogP contribution in [0, 0.1) is 0 Å². The molecule has 8 nitrogen and oxygen atoms in total. The maximum absolute atomic E-state index is 12.3. The van der Waals surface area contributed by atoms with Gasteiger partial charge in [-0.25, -0.2) is 4.98 Å². The lowest BCUT2D eigenvalue weighted by Crippen LogP contribution is -2.21. The van der Waals surface area contributed by atoms with Gasteiger partial charge in [-0.3, -0.25) is 4.79 Å². The zero-order valence-electron chi connectivity index (χ0n) is 14.5. The summed E-state index contributed by atoms with van der Waals surface area (Å²) in [5.41, 5.74) is 2.73. The predicted octanol–water partition coefficient (Wildman–Crippen LogP) is 2.36. The van der Waals surface area contributed by atoms with E-state index in [9.17, 15) is 4.79 Å². The molecule has 1 atom stereocenters. The van der Waals surface area contributed by atoms with Crippen molar-refractivity contribution in [3.05, 3.63) is 60.0 Å². The van der Waals surface area contributed by atoms with Gasteiger partial charge in [-0.15, -0.1) is 10.2 Å². The number of pyridine rings is 1. The second-order valence-electron chi connectivity index (χ2n) is 6.39. The maximum Gasteiger partial charge on any atom is 0.221 e. The lowest BCUT2D eigenvalue weighted by Gasteiger charge is -2.12. The molecule has 4 aromatic heterocycles. The van der Waals surface area contributed by atoms with Crippen LogP contribution in [-0.2, 0) is 18.4 Å². The van der Waals surface area contributed by atoms with Crippen LogP contribution < -0.4 is 5.32 Å². The molecular weight excluding hydrogens is 364 g/mol. The number of imidazole rings is 1. The first-order chi connectivity index (χ1) is 13.2. The molecule has 0 saturated heterocycles. The zero-order valence-corrected chi connectivity index (χ0v) is 15.3. The van der Waals surface area contributed by atoms with Crippen LogP contribution in [0.15, 0.2) is 57.5 Å². The highest BCUT2D eigenvalue weighted by Crippen LogP contribution is 2.36. The Balaban J connectivity index is 1.56. The van der Waals surface area contributed by atoms with E-state index in [2.05, 4.69) is 20.5 Å². The molecule has 9 heteroatoms. The molecule has 1 N–H and O–H groups in total. The number of furan rings is 1. The van der Waals surface area contributed by atoms with E-state index in [-0.39, 0.29) is 11.8 Å². The molecule has 5 rings (SSSR count). The minimum Gasteiger partial charge on any atom is -0.454 e. The molecule has 1 unspecified atom stereocenters. The highest BCUT2D eigenvalue weighted by Gasteiger charge is 2.31. The number of hydrogen-bond donors (Lipinski definition) is 1. The van der Waals surface area contributed by atoms with E-state index in [1.807, 2.05) is 52.5 Å². The number of nitrogens with one attached hydrogen (secondary N) is 1. The van der Waals surface area contributed by atoms with Gasteiger partial charge in [0.15, 0.2) is 10.2 Å². The summed E-state index contributed by atoms with van der Waals surface area (Å²) in [6.07, 6.45) is 3.94. The lowest BCUT2D eigenvalue weighted by molar-refractivity contribution is -0.121. The molecule has 0 spiro atoms. The minimum absolute atomic E-state index is 0.0124. The molecule has 5 heterocycles. The summed E-state index contributed by atoms with van der Waals surface area (Å²) in [6.45, 7) is 0.424. The van der Waals surface area contributed by atoms with Crippen LogP contribution in [0.5, 0.6) is 0 Å². The van der Waals surface area contributed by atoms with Crippen LogP contribution in [-0.4, -0.2) is 30.1 Å². The Morgan fingerprint density at radius 1 is 1.30 bits per heavy atom. The first-order valence-corrected chi connectivity index (χ1v) is 9.35. The van der Waals surface area contributed by atoms with Crippen molar-refractivity contribution in [2.75, 3.05) is 0 Å². The molecule has 1 aliphatic heterocycles. The van der Waals surface area contributed by atoms with Crippen LogP contribution in [0.25, 0.3) is 5.65 Å². The Hall–Kier alpha value is -3.07. The zero-order chi connectivity index (χ0) is 18.4. The van der Waals surface area contributed by atoms with Gasteiger partial charge in [0.05, 0.1) is 23.9 Å². The molecule has 0 fully saturated rings. The van der Waals surface area contributed by atoms with Crippen LogP contribution in [0.1, 0.15) is 29.5 Å². The number of aryl methyl sites for hydroxylation is 1. The fraction of sp³-hybridized carbons (Fsp3) is 0.222. The molecule has 1 amide bonds. The van der Waals surface area contributed by atoms with Crippen molar-refractivity contribution in [2.24, 2.45) is 7.05 Å². The molecule has 0 saturated carbocycles. The van der Waals surface area contributed by atoms with Gasteiger partial charge >= 0.3 is 0 Å². The number of amides is 1. The number of aromatic nitrogens is 5. The molecule has 136 valence electrons. The average Bonchev–Trinajstić information content (AvgIpc) is 3.36. The van der Waals surface area contributed by atoms with Gasteiger partial charge in [-0.2, -0.15) is 0 Å². The van der Waals surface area contributed by atoms with Gasteiger partial charge in [0.1, 0.15) is 17.7 Å². The Labute approximate surface area is 158 Å². The fourth-order valence-electron chi connectivity index (χ4n) is 3.37. The lowest BCUT2D eigenvalue weighted by atomic mass is 9.97. The van der Waals surface area contributed by atoms with Gasteiger partial charge in [0.25, 0.3) is 0 Å². The molecule has 27 heavy (non-hydrogen) atoms. The fourth-order valence-corrected chi connectivity index (χ4v) is 4.10. The Kier molecular flexibility index (Phi) is 3.75. The third kappa shape index (κ3) is 2.80. The Morgan fingerprint density at radius 2 is 2.22 bits per heavy atom. The summed E-state index contributed by atoms with van der Waals surface area (Å²) < 4.78 is 9.96. The number of fused-ring (bicyclic) bond motifs is 3. The normalized spacial score (nSPS) is 16.9.